The van der Waals surface area contributed by atoms with E-state index in [0.717, 1.165) is 0 Å². The Labute approximate surface area is 124 Å². The first-order chi connectivity index (χ1) is 10.6. The van der Waals surface area contributed by atoms with Gasteiger partial charge in [-0.3, -0.25) is 9.59 Å². The lowest BCUT2D eigenvalue weighted by atomic mass is 10.2. The van der Waals surface area contributed by atoms with E-state index >= 15 is 0 Å². The number of ether oxygens (including phenoxy) is 2. The van der Waals surface area contributed by atoms with E-state index in [1.807, 2.05) is 0 Å². The highest BCUT2D eigenvalue weighted by atomic mass is 19.1. The zero-order valence-electron chi connectivity index (χ0n) is 11.3. The molecule has 0 bridgehead atoms. The van der Waals surface area contributed by atoms with Crippen LogP contribution in [0.1, 0.15) is 0 Å². The van der Waals surface area contributed by atoms with Crippen LogP contribution in [0.2, 0.25) is 0 Å². The molecule has 0 fully saturated rings. The number of carbonyl (C=O) groups excluding carboxylic acids is 2. The maximum Gasteiger partial charge on any atom is 0.314 e. The van der Waals surface area contributed by atoms with Gasteiger partial charge in [-0.05, 0) is 36.4 Å². The van der Waals surface area contributed by atoms with E-state index in [4.69, 9.17) is 9.47 Å². The molecule has 0 spiro atoms. The Bertz CT molecular complexity index is 731. The monoisotopic (exact) mass is 302 g/mol. The van der Waals surface area contributed by atoms with Gasteiger partial charge in [0.25, 0.3) is 0 Å². The van der Waals surface area contributed by atoms with Crippen molar-refractivity contribution < 1.29 is 23.5 Å². The molecular formula is C15H11FN2O4. The first-order valence-corrected chi connectivity index (χ1v) is 6.39. The van der Waals surface area contributed by atoms with Gasteiger partial charge in [-0.2, -0.15) is 0 Å². The highest BCUT2D eigenvalue weighted by Crippen LogP contribution is 2.34. The van der Waals surface area contributed by atoms with Crippen molar-refractivity contribution in [3.05, 3.63) is 48.3 Å². The maximum atomic E-state index is 12.8. The number of fused-ring (bicyclic) bond motifs is 1. The van der Waals surface area contributed by atoms with Crippen molar-refractivity contribution in [1.82, 2.24) is 0 Å². The van der Waals surface area contributed by atoms with E-state index < -0.39 is 17.6 Å². The predicted molar refractivity (Wildman–Crippen MR) is 76.2 cm³/mol. The summed E-state index contributed by atoms with van der Waals surface area (Å²) in [5.74, 6) is -1.05. The third-order valence-corrected chi connectivity index (χ3v) is 2.94. The van der Waals surface area contributed by atoms with E-state index in [1.165, 1.54) is 24.3 Å². The Balaban J connectivity index is 1.63. The first-order valence-electron chi connectivity index (χ1n) is 6.39. The van der Waals surface area contributed by atoms with Gasteiger partial charge >= 0.3 is 11.8 Å². The molecule has 1 heterocycles. The number of amides is 2. The number of halogens is 1. The zero-order valence-corrected chi connectivity index (χ0v) is 11.3. The van der Waals surface area contributed by atoms with Gasteiger partial charge in [-0.15, -0.1) is 0 Å². The molecule has 0 unspecified atom stereocenters. The van der Waals surface area contributed by atoms with Crippen molar-refractivity contribution in [3.63, 3.8) is 0 Å². The number of rotatable bonds is 2. The van der Waals surface area contributed by atoms with Gasteiger partial charge in [0.15, 0.2) is 11.5 Å². The highest BCUT2D eigenvalue weighted by molar-refractivity contribution is 6.43. The quantitative estimate of drug-likeness (QED) is 0.833. The molecule has 0 saturated carbocycles. The number of benzene rings is 2. The fourth-order valence-corrected chi connectivity index (χ4v) is 1.88. The van der Waals surface area contributed by atoms with Gasteiger partial charge in [-0.25, -0.2) is 4.39 Å². The normalized spacial score (nSPS) is 11.9. The summed E-state index contributed by atoms with van der Waals surface area (Å²) in [6.07, 6.45) is 0. The van der Waals surface area contributed by atoms with Crippen molar-refractivity contribution in [1.29, 1.82) is 0 Å². The Morgan fingerprint density at radius 2 is 1.45 bits per heavy atom. The van der Waals surface area contributed by atoms with Gasteiger partial charge < -0.3 is 20.1 Å². The van der Waals surface area contributed by atoms with Crippen molar-refractivity contribution in [3.8, 4) is 11.5 Å². The van der Waals surface area contributed by atoms with E-state index in [1.54, 1.807) is 18.2 Å². The molecule has 0 atom stereocenters. The lowest BCUT2D eigenvalue weighted by molar-refractivity contribution is -0.132. The molecular weight excluding hydrogens is 291 g/mol. The van der Waals surface area contributed by atoms with Crippen LogP contribution >= 0.6 is 0 Å². The lowest BCUT2D eigenvalue weighted by Crippen LogP contribution is -2.29. The Hall–Kier alpha value is -3.09. The maximum absolute atomic E-state index is 12.8. The molecule has 7 heteroatoms. The number of anilines is 2. The standard InChI is InChI=1S/C15H11FN2O4/c16-9-1-3-10(4-2-9)17-14(19)15(20)18-11-5-6-12-13(7-11)22-8-21-12/h1-7H,8H2,(H,17,19)(H,18,20). The van der Waals surface area contributed by atoms with Crippen LogP contribution in [0.15, 0.2) is 42.5 Å². The number of nitrogens with one attached hydrogen (secondary N) is 2. The van der Waals surface area contributed by atoms with E-state index in [-0.39, 0.29) is 6.79 Å². The van der Waals surface area contributed by atoms with Crippen molar-refractivity contribution in [2.45, 2.75) is 0 Å². The molecule has 6 nitrogen and oxygen atoms in total. The number of hydrogen-bond acceptors (Lipinski definition) is 4. The van der Waals surface area contributed by atoms with E-state index in [0.29, 0.717) is 22.9 Å². The number of hydrogen-bond donors (Lipinski definition) is 2. The Kier molecular flexibility index (Phi) is 3.61. The second-order valence-corrected chi connectivity index (χ2v) is 4.48. The fourth-order valence-electron chi connectivity index (χ4n) is 1.88. The van der Waals surface area contributed by atoms with Gasteiger partial charge in [0.05, 0.1) is 0 Å². The molecule has 0 saturated heterocycles. The van der Waals surface area contributed by atoms with E-state index in [2.05, 4.69) is 10.6 Å². The molecule has 1 aliphatic heterocycles. The minimum Gasteiger partial charge on any atom is -0.454 e. The second kappa shape index (κ2) is 5.72. The minimum atomic E-state index is -0.857. The summed E-state index contributed by atoms with van der Waals surface area (Å²) in [6.45, 7) is 0.123. The van der Waals surface area contributed by atoms with Gasteiger partial charge in [0.2, 0.25) is 6.79 Å². The van der Waals surface area contributed by atoms with Gasteiger partial charge in [0.1, 0.15) is 5.82 Å². The molecule has 1 aliphatic rings. The van der Waals surface area contributed by atoms with Crippen LogP contribution in [0.5, 0.6) is 11.5 Å². The largest absolute Gasteiger partial charge is 0.454 e. The first kappa shape index (κ1) is 13.9. The molecule has 0 radical (unpaired) electrons. The van der Waals surface area contributed by atoms with Crippen LogP contribution in [-0.4, -0.2) is 18.6 Å². The summed E-state index contributed by atoms with van der Waals surface area (Å²) >= 11 is 0. The molecule has 2 aromatic carbocycles. The lowest BCUT2D eigenvalue weighted by Gasteiger charge is -2.07. The average Bonchev–Trinajstić information content (AvgIpc) is 2.97. The average molecular weight is 302 g/mol. The number of carbonyl (C=O) groups is 2. The van der Waals surface area contributed by atoms with Crippen LogP contribution in [-0.2, 0) is 9.59 Å². The van der Waals surface area contributed by atoms with Gasteiger partial charge in [0, 0.05) is 17.4 Å². The van der Waals surface area contributed by atoms with Crippen LogP contribution in [0.25, 0.3) is 0 Å². The van der Waals surface area contributed by atoms with Crippen LogP contribution < -0.4 is 20.1 Å². The van der Waals surface area contributed by atoms with Crippen LogP contribution in [0.3, 0.4) is 0 Å². The molecule has 22 heavy (non-hydrogen) atoms. The highest BCUT2D eigenvalue weighted by Gasteiger charge is 2.17. The summed E-state index contributed by atoms with van der Waals surface area (Å²) in [7, 11) is 0. The Morgan fingerprint density at radius 1 is 0.864 bits per heavy atom. The SMILES string of the molecule is O=C(Nc1ccc(F)cc1)C(=O)Nc1ccc2c(c1)OCO2. The molecule has 112 valence electrons. The smallest absolute Gasteiger partial charge is 0.314 e. The summed E-state index contributed by atoms with van der Waals surface area (Å²) < 4.78 is 23.1. The predicted octanol–water partition coefficient (Wildman–Crippen LogP) is 2.13. The molecule has 2 amide bonds. The molecule has 0 aliphatic carbocycles. The van der Waals surface area contributed by atoms with Crippen molar-refractivity contribution in [2.75, 3.05) is 17.4 Å². The minimum absolute atomic E-state index is 0.123. The third-order valence-electron chi connectivity index (χ3n) is 2.94. The molecule has 2 aromatic rings. The third kappa shape index (κ3) is 2.98. The zero-order chi connectivity index (χ0) is 15.5. The molecule has 0 aromatic heterocycles. The summed E-state index contributed by atoms with van der Waals surface area (Å²) in [4.78, 5) is 23.6. The molecule has 3 rings (SSSR count). The summed E-state index contributed by atoms with van der Waals surface area (Å²) in [5.41, 5.74) is 0.732. The van der Waals surface area contributed by atoms with Crippen LogP contribution in [0.4, 0.5) is 15.8 Å². The van der Waals surface area contributed by atoms with E-state index in [9.17, 15) is 14.0 Å². The Morgan fingerprint density at radius 3 is 2.18 bits per heavy atom. The fraction of sp³-hybridized carbons (Fsp3) is 0.0667. The van der Waals surface area contributed by atoms with Crippen molar-refractivity contribution in [2.24, 2.45) is 0 Å². The van der Waals surface area contributed by atoms with Crippen LogP contribution in [0, 0.1) is 5.82 Å². The second-order valence-electron chi connectivity index (χ2n) is 4.48. The molecule has 2 N–H and O–H groups in total. The summed E-state index contributed by atoms with van der Waals surface area (Å²) in [5, 5.41) is 4.81. The topological polar surface area (TPSA) is 76.7 Å². The van der Waals surface area contributed by atoms with Gasteiger partial charge in [-0.1, -0.05) is 0 Å². The summed E-state index contributed by atoms with van der Waals surface area (Å²) in [6, 6.07) is 9.89. The van der Waals surface area contributed by atoms with Crippen molar-refractivity contribution >= 4 is 23.2 Å².